The Bertz CT molecular complexity index is 687. The van der Waals surface area contributed by atoms with Gasteiger partial charge in [0.05, 0.1) is 7.11 Å². The third-order valence-corrected chi connectivity index (χ3v) is 3.47. The number of para-hydroxylation sites is 1. The molecule has 1 aromatic heterocycles. The van der Waals surface area contributed by atoms with Crippen LogP contribution in [0.1, 0.15) is 12.0 Å². The maximum atomic E-state index is 11.9. The molecule has 1 N–H and O–H groups in total. The highest BCUT2D eigenvalue weighted by Gasteiger charge is 2.25. The summed E-state index contributed by atoms with van der Waals surface area (Å²) < 4.78 is 5.24. The fourth-order valence-electron chi connectivity index (χ4n) is 2.45. The van der Waals surface area contributed by atoms with E-state index in [1.165, 1.54) is 13.4 Å². The van der Waals surface area contributed by atoms with Crippen LogP contribution >= 0.6 is 0 Å². The van der Waals surface area contributed by atoms with Gasteiger partial charge in [-0.15, -0.1) is 0 Å². The summed E-state index contributed by atoms with van der Waals surface area (Å²) in [6, 6.07) is 8.01. The Labute approximate surface area is 122 Å². The molecule has 0 fully saturated rings. The topological polar surface area (TPSA) is 67.4 Å². The van der Waals surface area contributed by atoms with Gasteiger partial charge in [0.25, 0.3) is 0 Å². The first-order valence-electron chi connectivity index (χ1n) is 6.72. The monoisotopic (exact) mass is 284 g/mol. The first kappa shape index (κ1) is 13.4. The first-order chi connectivity index (χ1) is 10.2. The van der Waals surface area contributed by atoms with E-state index >= 15 is 0 Å². The second-order valence-electron chi connectivity index (χ2n) is 4.82. The molecular weight excluding hydrogens is 268 g/mol. The molecule has 0 spiro atoms. The third kappa shape index (κ3) is 2.40. The second-order valence-corrected chi connectivity index (χ2v) is 4.82. The minimum absolute atomic E-state index is 0.0690. The summed E-state index contributed by atoms with van der Waals surface area (Å²) in [6.45, 7) is 2.59. The van der Waals surface area contributed by atoms with Crippen molar-refractivity contribution in [3.8, 4) is 5.88 Å². The Morgan fingerprint density at radius 2 is 2.10 bits per heavy atom. The van der Waals surface area contributed by atoms with E-state index in [0.717, 1.165) is 11.3 Å². The van der Waals surface area contributed by atoms with Crippen LogP contribution < -0.4 is 15.0 Å². The average molecular weight is 284 g/mol. The minimum atomic E-state index is -0.0690. The van der Waals surface area contributed by atoms with Gasteiger partial charge in [-0.3, -0.25) is 4.79 Å². The maximum Gasteiger partial charge on any atom is 0.242 e. The number of fused-ring (bicyclic) bond motifs is 1. The molecule has 2 aromatic rings. The van der Waals surface area contributed by atoms with Crippen molar-refractivity contribution in [2.24, 2.45) is 0 Å². The molecule has 3 rings (SSSR count). The summed E-state index contributed by atoms with van der Waals surface area (Å²) >= 11 is 0. The number of hydrogen-bond acceptors (Lipinski definition) is 5. The van der Waals surface area contributed by atoms with Crippen molar-refractivity contribution in [2.75, 3.05) is 23.9 Å². The van der Waals surface area contributed by atoms with Crippen LogP contribution in [-0.4, -0.2) is 29.5 Å². The first-order valence-corrected chi connectivity index (χ1v) is 6.72. The van der Waals surface area contributed by atoms with Crippen molar-refractivity contribution in [2.45, 2.75) is 13.3 Å². The lowest BCUT2D eigenvalue weighted by Gasteiger charge is -2.24. The number of nitrogens with one attached hydrogen (secondary N) is 1. The minimum Gasteiger partial charge on any atom is -0.479 e. The number of amides is 1. The number of benzene rings is 1. The highest BCUT2D eigenvalue weighted by atomic mass is 16.5. The molecule has 1 aliphatic heterocycles. The van der Waals surface area contributed by atoms with E-state index in [1.807, 2.05) is 36.1 Å². The van der Waals surface area contributed by atoms with Gasteiger partial charge in [-0.2, -0.15) is 4.98 Å². The summed E-state index contributed by atoms with van der Waals surface area (Å²) in [7, 11) is 1.53. The molecule has 6 nitrogen and oxygen atoms in total. The molecule has 0 saturated carbocycles. The summed E-state index contributed by atoms with van der Waals surface area (Å²) in [6.07, 6.45) is 1.83. The van der Waals surface area contributed by atoms with Crippen molar-refractivity contribution in [3.05, 3.63) is 36.2 Å². The Hall–Kier alpha value is -2.63. The molecule has 0 bridgehead atoms. The molecule has 0 saturated heterocycles. The molecule has 0 radical (unpaired) electrons. The molecule has 0 aliphatic carbocycles. The van der Waals surface area contributed by atoms with Gasteiger partial charge in [0.15, 0.2) is 5.82 Å². The summed E-state index contributed by atoms with van der Waals surface area (Å²) in [5, 5.41) is 2.83. The summed E-state index contributed by atoms with van der Waals surface area (Å²) in [5.41, 5.74) is 2.66. The van der Waals surface area contributed by atoms with E-state index < -0.39 is 0 Å². The van der Waals surface area contributed by atoms with E-state index in [2.05, 4.69) is 15.3 Å². The predicted molar refractivity (Wildman–Crippen MR) is 80.0 cm³/mol. The van der Waals surface area contributed by atoms with Crippen LogP contribution in [0.4, 0.5) is 17.2 Å². The predicted octanol–water partition coefficient (Wildman–Crippen LogP) is 2.27. The largest absolute Gasteiger partial charge is 0.479 e. The van der Waals surface area contributed by atoms with Crippen LogP contribution in [0, 0.1) is 6.92 Å². The van der Waals surface area contributed by atoms with Gasteiger partial charge in [-0.1, -0.05) is 18.2 Å². The number of ether oxygens (including phenoxy) is 1. The lowest BCUT2D eigenvalue weighted by Crippen LogP contribution is -2.20. The Morgan fingerprint density at radius 1 is 1.29 bits per heavy atom. The summed E-state index contributed by atoms with van der Waals surface area (Å²) in [5.74, 6) is 0.955. The number of carbonyl (C=O) groups excluding carboxylic acids is 1. The molecule has 1 amide bonds. The lowest BCUT2D eigenvalue weighted by atomic mass is 10.1. The van der Waals surface area contributed by atoms with E-state index in [0.29, 0.717) is 30.4 Å². The quantitative estimate of drug-likeness (QED) is 0.916. The van der Waals surface area contributed by atoms with E-state index in [9.17, 15) is 4.79 Å². The van der Waals surface area contributed by atoms with Gasteiger partial charge >= 0.3 is 0 Å². The van der Waals surface area contributed by atoms with Gasteiger partial charge in [-0.25, -0.2) is 4.98 Å². The number of nitrogens with zero attached hydrogens (tertiary/aromatic N) is 3. The molecular formula is C15H16N4O2. The number of hydrogen-bond donors (Lipinski definition) is 1. The third-order valence-electron chi connectivity index (χ3n) is 3.47. The zero-order chi connectivity index (χ0) is 14.8. The molecule has 1 aliphatic rings. The van der Waals surface area contributed by atoms with Crippen molar-refractivity contribution < 1.29 is 9.53 Å². The Morgan fingerprint density at radius 3 is 2.86 bits per heavy atom. The van der Waals surface area contributed by atoms with Gasteiger partial charge < -0.3 is 15.0 Å². The standard InChI is InChI=1S/C15H16N4O2/c1-10-5-3-4-6-11(10)19-8-7-12(20)18-13-14(19)16-9-17-15(13)21-2/h3-6,9H,7-8H2,1-2H3,(H,18,20). The van der Waals surface area contributed by atoms with E-state index in [4.69, 9.17) is 4.74 Å². The highest BCUT2D eigenvalue weighted by Crippen LogP contribution is 2.38. The van der Waals surface area contributed by atoms with Crippen molar-refractivity contribution in [1.82, 2.24) is 9.97 Å². The molecule has 21 heavy (non-hydrogen) atoms. The Balaban J connectivity index is 2.16. The fraction of sp³-hybridized carbons (Fsp3) is 0.267. The average Bonchev–Trinajstić information content (AvgIpc) is 2.66. The van der Waals surface area contributed by atoms with Crippen LogP contribution in [0.3, 0.4) is 0 Å². The van der Waals surface area contributed by atoms with Gasteiger partial charge in [0.1, 0.15) is 12.0 Å². The molecule has 1 aromatic carbocycles. The smallest absolute Gasteiger partial charge is 0.242 e. The molecule has 2 heterocycles. The number of carbonyl (C=O) groups is 1. The number of anilines is 3. The molecule has 0 atom stereocenters. The van der Waals surface area contributed by atoms with E-state index in [-0.39, 0.29) is 5.91 Å². The van der Waals surface area contributed by atoms with Crippen LogP contribution in [0.2, 0.25) is 0 Å². The van der Waals surface area contributed by atoms with Gasteiger partial charge in [-0.05, 0) is 18.6 Å². The lowest BCUT2D eigenvalue weighted by molar-refractivity contribution is -0.115. The van der Waals surface area contributed by atoms with Crippen LogP contribution in [0.25, 0.3) is 0 Å². The summed E-state index contributed by atoms with van der Waals surface area (Å²) in [4.78, 5) is 22.4. The molecule has 108 valence electrons. The van der Waals surface area contributed by atoms with Crippen molar-refractivity contribution >= 4 is 23.1 Å². The highest BCUT2D eigenvalue weighted by molar-refractivity contribution is 5.98. The number of aromatic nitrogens is 2. The van der Waals surface area contributed by atoms with Gasteiger partial charge in [0, 0.05) is 18.7 Å². The van der Waals surface area contributed by atoms with E-state index in [1.54, 1.807) is 0 Å². The zero-order valence-corrected chi connectivity index (χ0v) is 12.0. The number of methoxy groups -OCH3 is 1. The Kier molecular flexibility index (Phi) is 3.43. The molecule has 6 heteroatoms. The normalized spacial score (nSPS) is 14.2. The number of aryl methyl sites for hydroxylation is 1. The van der Waals surface area contributed by atoms with Crippen LogP contribution in [-0.2, 0) is 4.79 Å². The number of rotatable bonds is 2. The zero-order valence-electron chi connectivity index (χ0n) is 12.0. The SMILES string of the molecule is COc1ncnc2c1NC(=O)CCN2c1ccccc1C. The van der Waals surface area contributed by atoms with Crippen LogP contribution in [0.5, 0.6) is 5.88 Å². The molecule has 0 unspecified atom stereocenters. The second kappa shape index (κ2) is 5.40. The van der Waals surface area contributed by atoms with Crippen molar-refractivity contribution in [1.29, 1.82) is 0 Å². The maximum absolute atomic E-state index is 11.9. The van der Waals surface area contributed by atoms with Crippen LogP contribution in [0.15, 0.2) is 30.6 Å². The fourth-order valence-corrected chi connectivity index (χ4v) is 2.45. The van der Waals surface area contributed by atoms with Crippen molar-refractivity contribution in [3.63, 3.8) is 0 Å². The van der Waals surface area contributed by atoms with Gasteiger partial charge in [0.2, 0.25) is 11.8 Å².